The molecule has 0 aliphatic rings. The van der Waals surface area contributed by atoms with E-state index >= 15 is 0 Å². The van der Waals surface area contributed by atoms with Gasteiger partial charge in [0, 0.05) is 43.9 Å². The highest BCUT2D eigenvalue weighted by atomic mass is 15.1. The van der Waals surface area contributed by atoms with Crippen molar-refractivity contribution in [2.24, 2.45) is 0 Å². The van der Waals surface area contributed by atoms with Gasteiger partial charge in [0.05, 0.1) is 34.3 Å². The van der Waals surface area contributed by atoms with Crippen LogP contribution in [0.3, 0.4) is 0 Å². The largest absolute Gasteiger partial charge is 0.309 e. The summed E-state index contributed by atoms with van der Waals surface area (Å²) < 4.78 is 4.69. The monoisotopic (exact) mass is 664 g/mol. The van der Waals surface area contributed by atoms with E-state index < -0.39 is 0 Å². The van der Waals surface area contributed by atoms with E-state index in [0.717, 1.165) is 71.7 Å². The van der Waals surface area contributed by atoms with E-state index in [-0.39, 0.29) is 0 Å². The lowest BCUT2D eigenvalue weighted by molar-refractivity contribution is 1.07. The van der Waals surface area contributed by atoms with Crippen LogP contribution in [-0.2, 0) is 0 Å². The Morgan fingerprint density at radius 2 is 1.00 bits per heavy atom. The smallest absolute Gasteiger partial charge is 0.188 e. The van der Waals surface area contributed by atoms with E-state index in [4.69, 9.17) is 21.5 Å². The number of benzene rings is 7. The average molecular weight is 665 g/mol. The van der Waals surface area contributed by atoms with Crippen molar-refractivity contribution in [2.45, 2.75) is 0 Å². The van der Waals surface area contributed by atoms with Crippen LogP contribution in [0.25, 0.3) is 94.0 Å². The van der Waals surface area contributed by atoms with Gasteiger partial charge >= 0.3 is 0 Å². The summed E-state index contributed by atoms with van der Waals surface area (Å²) in [5, 5.41) is 4.60. The highest BCUT2D eigenvalue weighted by molar-refractivity contribution is 6.26. The topological polar surface area (TPSA) is 52.9 Å². The molecule has 242 valence electrons. The lowest BCUT2D eigenvalue weighted by Gasteiger charge is -2.16. The molecule has 3 aromatic heterocycles. The first-order valence-electron chi connectivity index (χ1n) is 17.2. The molecule has 52 heavy (non-hydrogen) atoms. The maximum Gasteiger partial charge on any atom is 0.188 e. The van der Waals surface area contributed by atoms with Gasteiger partial charge in [0.15, 0.2) is 23.2 Å². The highest BCUT2D eigenvalue weighted by Crippen LogP contribution is 2.43. The van der Waals surface area contributed by atoms with Crippen molar-refractivity contribution >= 4 is 49.3 Å². The van der Waals surface area contributed by atoms with Gasteiger partial charge in [0.25, 0.3) is 0 Å². The van der Waals surface area contributed by atoms with Crippen LogP contribution < -0.4 is 0 Å². The minimum Gasteiger partial charge on any atom is -0.309 e. The molecule has 0 aliphatic carbocycles. The number of hydrogen-bond donors (Lipinski definition) is 0. The molecule has 0 amide bonds. The summed E-state index contributed by atoms with van der Waals surface area (Å²) in [6, 6.07) is 58.0. The average Bonchev–Trinajstić information content (AvgIpc) is 3.74. The van der Waals surface area contributed by atoms with Gasteiger partial charge in [-0.15, -0.1) is 0 Å². The number of hydrogen-bond acceptors (Lipinski definition) is 3. The Morgan fingerprint density at radius 3 is 1.65 bits per heavy atom. The van der Waals surface area contributed by atoms with Crippen LogP contribution in [0.1, 0.15) is 0 Å². The molecule has 0 unspecified atom stereocenters. The Balaban J connectivity index is 1.34. The maximum atomic E-state index is 8.01. The molecule has 7 aromatic carbocycles. The molecule has 0 radical (unpaired) electrons. The third-order valence-electron chi connectivity index (χ3n) is 9.77. The molecule has 0 saturated heterocycles. The minimum absolute atomic E-state index is 0.498. The van der Waals surface area contributed by atoms with E-state index in [1.54, 1.807) is 0 Å². The number of aromatic nitrogens is 5. The Morgan fingerprint density at radius 1 is 0.442 bits per heavy atom. The van der Waals surface area contributed by atoms with Crippen LogP contribution in [0.2, 0.25) is 0 Å². The van der Waals surface area contributed by atoms with Crippen LogP contribution in [0, 0.1) is 6.57 Å². The minimum atomic E-state index is 0.498. The van der Waals surface area contributed by atoms with E-state index in [1.165, 1.54) is 0 Å². The summed E-state index contributed by atoms with van der Waals surface area (Å²) in [5.41, 5.74) is 9.40. The van der Waals surface area contributed by atoms with E-state index in [1.807, 2.05) is 78.9 Å². The zero-order valence-corrected chi connectivity index (χ0v) is 27.8. The third-order valence-corrected chi connectivity index (χ3v) is 9.77. The van der Waals surface area contributed by atoms with Crippen molar-refractivity contribution in [1.82, 2.24) is 24.1 Å². The van der Waals surface area contributed by atoms with Gasteiger partial charge < -0.3 is 9.13 Å². The van der Waals surface area contributed by atoms with E-state index in [0.29, 0.717) is 23.2 Å². The molecule has 0 atom stereocenters. The molecule has 6 heteroatoms. The number of rotatable bonds is 5. The summed E-state index contributed by atoms with van der Waals surface area (Å²) in [7, 11) is 0. The molecule has 6 nitrogen and oxygen atoms in total. The number of para-hydroxylation sites is 3. The van der Waals surface area contributed by atoms with Gasteiger partial charge in [-0.05, 0) is 42.5 Å². The fourth-order valence-corrected chi connectivity index (χ4v) is 7.51. The fraction of sp³-hybridized carbons (Fsp3) is 0. The van der Waals surface area contributed by atoms with Gasteiger partial charge in [-0.3, -0.25) is 0 Å². The van der Waals surface area contributed by atoms with Gasteiger partial charge in [-0.25, -0.2) is 19.8 Å². The predicted molar refractivity (Wildman–Crippen MR) is 211 cm³/mol. The van der Waals surface area contributed by atoms with Crippen molar-refractivity contribution in [3.63, 3.8) is 0 Å². The summed E-state index contributed by atoms with van der Waals surface area (Å²) in [6.45, 7) is 8.01. The third kappa shape index (κ3) is 4.61. The zero-order valence-electron chi connectivity index (χ0n) is 27.8. The Bertz CT molecular complexity index is 2950. The second-order valence-corrected chi connectivity index (χ2v) is 12.7. The summed E-state index contributed by atoms with van der Waals surface area (Å²) in [4.78, 5) is 19.0. The van der Waals surface area contributed by atoms with Crippen molar-refractivity contribution in [1.29, 1.82) is 0 Å². The van der Waals surface area contributed by atoms with Gasteiger partial charge in [-0.1, -0.05) is 127 Å². The van der Waals surface area contributed by atoms with Crippen molar-refractivity contribution in [3.8, 4) is 45.5 Å². The van der Waals surface area contributed by atoms with Crippen LogP contribution in [0.15, 0.2) is 170 Å². The molecular weight excluding hydrogens is 637 g/mol. The van der Waals surface area contributed by atoms with Crippen molar-refractivity contribution in [3.05, 3.63) is 181 Å². The van der Waals surface area contributed by atoms with E-state index in [9.17, 15) is 0 Å². The first kappa shape index (κ1) is 29.5. The molecule has 0 fully saturated rings. The highest BCUT2D eigenvalue weighted by Gasteiger charge is 2.23. The first-order valence-corrected chi connectivity index (χ1v) is 17.2. The molecule has 0 saturated carbocycles. The molecule has 0 aliphatic heterocycles. The molecule has 0 N–H and O–H groups in total. The second kappa shape index (κ2) is 11.9. The van der Waals surface area contributed by atoms with Gasteiger partial charge in [-0.2, -0.15) is 0 Å². The van der Waals surface area contributed by atoms with Crippen LogP contribution in [0.5, 0.6) is 0 Å². The molecule has 10 rings (SSSR count). The standard InChI is InChI=1S/C46H28N6/c1-47-32-25-27-40(37(29-32)46-49-44(30-15-5-2-6-16-30)48-45(50-46)31-17-7-3-8-18-31)52-38-23-13-11-21-34(38)35-26-28-41-42(43(35)52)36-22-12-14-24-39(36)51(41)33-19-9-4-10-20-33/h2-29H. The number of nitrogens with zero attached hydrogens (tertiary/aromatic N) is 6. The summed E-state index contributed by atoms with van der Waals surface area (Å²) in [6.07, 6.45) is 0. The predicted octanol–water partition coefficient (Wildman–Crippen LogP) is 11.6. The molecule has 0 bridgehead atoms. The van der Waals surface area contributed by atoms with Crippen LogP contribution >= 0.6 is 0 Å². The summed E-state index contributed by atoms with van der Waals surface area (Å²) >= 11 is 0. The Hall–Kier alpha value is -7.36. The molecule has 10 aromatic rings. The first-order chi connectivity index (χ1) is 25.8. The zero-order chi connectivity index (χ0) is 34.6. The molecule has 0 spiro atoms. The van der Waals surface area contributed by atoms with Crippen molar-refractivity contribution < 1.29 is 0 Å². The van der Waals surface area contributed by atoms with Gasteiger partial charge in [0.1, 0.15) is 0 Å². The van der Waals surface area contributed by atoms with Crippen LogP contribution in [-0.4, -0.2) is 24.1 Å². The second-order valence-electron chi connectivity index (χ2n) is 12.7. The molecular formula is C46H28N6. The Kier molecular flexibility index (Phi) is 6.76. The number of fused-ring (bicyclic) bond motifs is 7. The fourth-order valence-electron chi connectivity index (χ4n) is 7.51. The van der Waals surface area contributed by atoms with Crippen molar-refractivity contribution in [2.75, 3.05) is 0 Å². The quantitative estimate of drug-likeness (QED) is 0.172. The van der Waals surface area contributed by atoms with E-state index in [2.05, 4.69) is 105 Å². The molecule has 3 heterocycles. The maximum absolute atomic E-state index is 8.01. The van der Waals surface area contributed by atoms with Gasteiger partial charge in [0.2, 0.25) is 0 Å². The summed E-state index contributed by atoms with van der Waals surface area (Å²) in [5.74, 6) is 1.64. The van der Waals surface area contributed by atoms with Crippen LogP contribution in [0.4, 0.5) is 5.69 Å². The lowest BCUT2D eigenvalue weighted by atomic mass is 10.1. The SMILES string of the molecule is [C-]#[N+]c1ccc(-n2c3ccccc3c3ccc4c(c5ccccc5n4-c4ccccc4)c32)c(-c2nc(-c3ccccc3)nc(-c3ccccc3)n2)c1. The Labute approximate surface area is 299 Å². The normalized spacial score (nSPS) is 11.4. The lowest BCUT2D eigenvalue weighted by Crippen LogP contribution is -2.03.